The van der Waals surface area contributed by atoms with Gasteiger partial charge in [0.15, 0.2) is 5.82 Å². The summed E-state index contributed by atoms with van der Waals surface area (Å²) in [7, 11) is 0. The summed E-state index contributed by atoms with van der Waals surface area (Å²) in [5, 5.41) is 29.0. The molecule has 0 aliphatic rings. The van der Waals surface area contributed by atoms with E-state index in [1.54, 1.807) is 6.92 Å². The molecule has 0 saturated heterocycles. The number of hydrogen-bond donors (Lipinski definition) is 2. The molecule has 2 N–H and O–H groups in total. The Morgan fingerprint density at radius 2 is 2.05 bits per heavy atom. The van der Waals surface area contributed by atoms with Crippen LogP contribution >= 0.6 is 0 Å². The Morgan fingerprint density at radius 3 is 2.58 bits per heavy atom. The number of hydrogen-bond acceptors (Lipinski definition) is 5. The number of aliphatic carboxylic acids is 1. The number of aryl methyl sites for hydroxylation is 1. The van der Waals surface area contributed by atoms with Crippen molar-refractivity contribution in [1.29, 1.82) is 5.26 Å². The molecule has 0 atom stereocenters. The maximum absolute atomic E-state index is 10.6. The van der Waals surface area contributed by atoms with E-state index in [9.17, 15) is 10.1 Å². The van der Waals surface area contributed by atoms with E-state index in [0.29, 0.717) is 23.5 Å². The van der Waals surface area contributed by atoms with Crippen LogP contribution in [0.15, 0.2) is 0 Å². The Morgan fingerprint density at radius 1 is 1.42 bits per heavy atom. The maximum atomic E-state index is 10.6. The first-order valence-electron chi connectivity index (χ1n) is 6.01. The number of carbonyl (C=O) groups is 1. The Labute approximate surface area is 112 Å². The average molecular weight is 262 g/mol. The first-order chi connectivity index (χ1) is 8.76. The van der Waals surface area contributed by atoms with Gasteiger partial charge in [-0.3, -0.25) is 4.79 Å². The molecule has 1 aromatic heterocycles. The van der Waals surface area contributed by atoms with E-state index >= 15 is 0 Å². The summed E-state index contributed by atoms with van der Waals surface area (Å²) in [5.41, 5.74) is 1.48. The SMILES string of the molecule is Cc1nnc(NC(C)(C)CCC(=O)O)c(C#N)c1C. The van der Waals surface area contributed by atoms with E-state index < -0.39 is 11.5 Å². The average Bonchev–Trinajstić information content (AvgIpc) is 2.32. The second kappa shape index (κ2) is 5.65. The van der Waals surface area contributed by atoms with Gasteiger partial charge in [0.2, 0.25) is 0 Å². The van der Waals surface area contributed by atoms with Crippen molar-refractivity contribution in [1.82, 2.24) is 10.2 Å². The van der Waals surface area contributed by atoms with E-state index in [4.69, 9.17) is 5.11 Å². The van der Waals surface area contributed by atoms with Crippen LogP contribution in [-0.4, -0.2) is 26.8 Å². The first kappa shape index (κ1) is 14.9. The predicted octanol–water partition coefficient (Wildman–Crippen LogP) is 2.02. The number of aromatic nitrogens is 2. The van der Waals surface area contributed by atoms with Crippen molar-refractivity contribution in [2.75, 3.05) is 5.32 Å². The zero-order valence-electron chi connectivity index (χ0n) is 11.6. The van der Waals surface area contributed by atoms with Crippen LogP contribution in [0, 0.1) is 25.2 Å². The number of nitriles is 1. The smallest absolute Gasteiger partial charge is 0.303 e. The molecule has 0 aliphatic heterocycles. The highest BCUT2D eigenvalue weighted by molar-refractivity contribution is 5.67. The molecule has 1 aromatic rings. The topological polar surface area (TPSA) is 98.9 Å². The van der Waals surface area contributed by atoms with Crippen molar-refractivity contribution in [2.45, 2.75) is 46.1 Å². The highest BCUT2D eigenvalue weighted by Crippen LogP contribution is 2.23. The predicted molar refractivity (Wildman–Crippen MR) is 70.8 cm³/mol. The van der Waals surface area contributed by atoms with Gasteiger partial charge in [0, 0.05) is 12.0 Å². The number of nitrogens with zero attached hydrogens (tertiary/aromatic N) is 3. The molecule has 1 rings (SSSR count). The molecule has 102 valence electrons. The largest absolute Gasteiger partial charge is 0.481 e. The van der Waals surface area contributed by atoms with Crippen LogP contribution in [0.2, 0.25) is 0 Å². The van der Waals surface area contributed by atoms with Crippen molar-refractivity contribution in [2.24, 2.45) is 0 Å². The van der Waals surface area contributed by atoms with E-state index in [1.807, 2.05) is 20.8 Å². The van der Waals surface area contributed by atoms with Gasteiger partial charge in [0.05, 0.1) is 5.69 Å². The van der Waals surface area contributed by atoms with Gasteiger partial charge < -0.3 is 10.4 Å². The quantitative estimate of drug-likeness (QED) is 0.842. The van der Waals surface area contributed by atoms with E-state index in [-0.39, 0.29) is 6.42 Å². The lowest BCUT2D eigenvalue weighted by Gasteiger charge is -2.26. The number of carboxylic acid groups (broad SMARTS) is 1. The Kier molecular flexibility index (Phi) is 4.43. The minimum atomic E-state index is -0.846. The lowest BCUT2D eigenvalue weighted by molar-refractivity contribution is -0.137. The normalized spacial score (nSPS) is 10.9. The molecule has 0 aliphatic carbocycles. The van der Waals surface area contributed by atoms with Crippen molar-refractivity contribution in [3.63, 3.8) is 0 Å². The summed E-state index contributed by atoms with van der Waals surface area (Å²) in [5.74, 6) is -0.442. The summed E-state index contributed by atoms with van der Waals surface area (Å²) < 4.78 is 0. The Balaban J connectivity index is 2.97. The molecule has 0 amide bonds. The number of carboxylic acids is 1. The summed E-state index contributed by atoms with van der Waals surface area (Å²) >= 11 is 0. The second-order valence-electron chi connectivity index (χ2n) is 5.15. The molecule has 0 radical (unpaired) electrons. The molecule has 1 heterocycles. The zero-order valence-corrected chi connectivity index (χ0v) is 11.6. The van der Waals surface area contributed by atoms with Crippen LogP contribution in [0.1, 0.15) is 43.5 Å². The van der Waals surface area contributed by atoms with Crippen molar-refractivity contribution in [3.8, 4) is 6.07 Å². The lowest BCUT2D eigenvalue weighted by atomic mass is 9.97. The standard InChI is InChI=1S/C13H18N4O2/c1-8-9(2)16-17-12(10(8)7-14)15-13(3,4)6-5-11(18)19/h5-6H2,1-4H3,(H,15,17)(H,18,19). The van der Waals surface area contributed by atoms with Gasteiger partial charge in [-0.1, -0.05) is 0 Å². The van der Waals surface area contributed by atoms with Gasteiger partial charge >= 0.3 is 5.97 Å². The Hall–Kier alpha value is -2.16. The fourth-order valence-electron chi connectivity index (χ4n) is 1.64. The molecule has 19 heavy (non-hydrogen) atoms. The molecule has 6 nitrogen and oxygen atoms in total. The monoisotopic (exact) mass is 262 g/mol. The first-order valence-corrected chi connectivity index (χ1v) is 6.01. The van der Waals surface area contributed by atoms with Crippen LogP contribution in [0.3, 0.4) is 0 Å². The van der Waals surface area contributed by atoms with Gasteiger partial charge in [-0.05, 0) is 39.7 Å². The fourth-order valence-corrected chi connectivity index (χ4v) is 1.64. The van der Waals surface area contributed by atoms with Gasteiger partial charge in [-0.2, -0.15) is 10.4 Å². The highest BCUT2D eigenvalue weighted by Gasteiger charge is 2.22. The third-order valence-electron chi connectivity index (χ3n) is 2.99. The molecule has 0 unspecified atom stereocenters. The van der Waals surface area contributed by atoms with Gasteiger partial charge in [0.1, 0.15) is 11.6 Å². The molecule has 0 bridgehead atoms. The number of anilines is 1. The van der Waals surface area contributed by atoms with Crippen LogP contribution in [0.25, 0.3) is 0 Å². The fraction of sp³-hybridized carbons (Fsp3) is 0.538. The van der Waals surface area contributed by atoms with E-state index in [1.165, 1.54) is 0 Å². The lowest BCUT2D eigenvalue weighted by Crippen LogP contribution is -2.32. The molecule has 0 spiro atoms. The zero-order chi connectivity index (χ0) is 14.6. The van der Waals surface area contributed by atoms with Crippen molar-refractivity contribution < 1.29 is 9.90 Å². The number of nitrogens with one attached hydrogen (secondary N) is 1. The highest BCUT2D eigenvalue weighted by atomic mass is 16.4. The molecular weight excluding hydrogens is 244 g/mol. The van der Waals surface area contributed by atoms with Crippen LogP contribution in [0.5, 0.6) is 0 Å². The van der Waals surface area contributed by atoms with E-state index in [0.717, 1.165) is 5.56 Å². The van der Waals surface area contributed by atoms with Crippen LogP contribution < -0.4 is 5.32 Å². The molecular formula is C13H18N4O2. The molecule has 6 heteroatoms. The third-order valence-corrected chi connectivity index (χ3v) is 2.99. The van der Waals surface area contributed by atoms with Gasteiger partial charge in [0.25, 0.3) is 0 Å². The molecule has 0 aromatic carbocycles. The van der Waals surface area contributed by atoms with Crippen LogP contribution in [-0.2, 0) is 4.79 Å². The maximum Gasteiger partial charge on any atom is 0.303 e. The summed E-state index contributed by atoms with van der Waals surface area (Å²) in [6, 6.07) is 2.11. The molecule has 0 saturated carbocycles. The number of rotatable bonds is 5. The third kappa shape index (κ3) is 3.91. The second-order valence-corrected chi connectivity index (χ2v) is 5.15. The van der Waals surface area contributed by atoms with E-state index in [2.05, 4.69) is 21.6 Å². The Bertz CT molecular complexity index is 532. The molecule has 0 fully saturated rings. The minimum Gasteiger partial charge on any atom is -0.481 e. The minimum absolute atomic E-state index is 0.0557. The summed E-state index contributed by atoms with van der Waals surface area (Å²) in [4.78, 5) is 10.6. The van der Waals surface area contributed by atoms with Crippen molar-refractivity contribution in [3.05, 3.63) is 16.8 Å². The van der Waals surface area contributed by atoms with Crippen molar-refractivity contribution >= 4 is 11.8 Å². The summed E-state index contributed by atoms with van der Waals surface area (Å²) in [6.07, 6.45) is 0.488. The van der Waals surface area contributed by atoms with Crippen LogP contribution in [0.4, 0.5) is 5.82 Å². The van der Waals surface area contributed by atoms with Gasteiger partial charge in [-0.25, -0.2) is 0 Å². The summed E-state index contributed by atoms with van der Waals surface area (Å²) in [6.45, 7) is 7.35. The van der Waals surface area contributed by atoms with Gasteiger partial charge in [-0.15, -0.1) is 5.10 Å².